The van der Waals surface area contributed by atoms with Crippen molar-refractivity contribution in [2.24, 2.45) is 0 Å². The number of benzene rings is 1. The molecule has 4 rings (SSSR count). The molecule has 8 nitrogen and oxygen atoms in total. The predicted octanol–water partition coefficient (Wildman–Crippen LogP) is 1.95. The van der Waals surface area contributed by atoms with Crippen molar-refractivity contribution in [1.82, 2.24) is 30.1 Å². The van der Waals surface area contributed by atoms with Gasteiger partial charge in [-0.15, -0.1) is 0 Å². The van der Waals surface area contributed by atoms with Gasteiger partial charge in [-0.05, 0) is 31.2 Å². The van der Waals surface area contributed by atoms with Gasteiger partial charge in [-0.2, -0.15) is 15.1 Å². The van der Waals surface area contributed by atoms with Crippen molar-refractivity contribution in [2.45, 2.75) is 6.92 Å². The first-order valence-electron chi connectivity index (χ1n) is 7.30. The monoisotopic (exact) mass is 318 g/mol. The smallest absolute Gasteiger partial charge is 0.223 e. The lowest BCUT2D eigenvalue weighted by Crippen LogP contribution is -2.03. The lowest BCUT2D eigenvalue weighted by molar-refractivity contribution is 0.994. The summed E-state index contributed by atoms with van der Waals surface area (Å²) in [6.45, 7) is 1.76. The summed E-state index contributed by atoms with van der Waals surface area (Å²) in [7, 11) is 0. The molecule has 0 aliphatic rings. The van der Waals surface area contributed by atoms with E-state index in [1.54, 1.807) is 13.1 Å². The van der Waals surface area contributed by atoms with Crippen molar-refractivity contribution in [3.63, 3.8) is 0 Å². The highest BCUT2D eigenvalue weighted by Gasteiger charge is 2.18. The van der Waals surface area contributed by atoms with Gasteiger partial charge in [0.25, 0.3) is 0 Å². The van der Waals surface area contributed by atoms with Crippen molar-refractivity contribution < 1.29 is 0 Å². The number of anilines is 2. The van der Waals surface area contributed by atoms with Crippen LogP contribution in [0.2, 0.25) is 0 Å². The zero-order chi connectivity index (χ0) is 16.7. The largest absolute Gasteiger partial charge is 0.398 e. The third-order valence-corrected chi connectivity index (χ3v) is 3.66. The van der Waals surface area contributed by atoms with Crippen molar-refractivity contribution >= 4 is 22.5 Å². The average molecular weight is 318 g/mol. The number of fused-ring (bicyclic) bond motifs is 1. The van der Waals surface area contributed by atoms with E-state index in [2.05, 4.69) is 30.1 Å². The van der Waals surface area contributed by atoms with Crippen LogP contribution in [-0.2, 0) is 0 Å². The average Bonchev–Trinajstić information content (AvgIpc) is 2.99. The van der Waals surface area contributed by atoms with Gasteiger partial charge >= 0.3 is 0 Å². The Bertz CT molecular complexity index is 1030. The number of nitrogens with two attached hydrogens (primary N) is 2. The molecule has 0 saturated heterocycles. The molecule has 0 radical (unpaired) electrons. The minimum Gasteiger partial charge on any atom is -0.398 e. The van der Waals surface area contributed by atoms with Crippen LogP contribution in [0.25, 0.3) is 33.7 Å². The fourth-order valence-electron chi connectivity index (χ4n) is 2.67. The molecule has 3 aromatic heterocycles. The number of hydrogen-bond acceptors (Lipinski definition) is 7. The third-order valence-electron chi connectivity index (χ3n) is 3.66. The highest BCUT2D eigenvalue weighted by molar-refractivity contribution is 6.02. The van der Waals surface area contributed by atoms with Gasteiger partial charge in [-0.25, -0.2) is 4.98 Å². The van der Waals surface area contributed by atoms with Crippen LogP contribution in [0.5, 0.6) is 0 Å². The molecule has 8 heteroatoms. The summed E-state index contributed by atoms with van der Waals surface area (Å²) >= 11 is 0. The van der Waals surface area contributed by atoms with Crippen molar-refractivity contribution in [1.29, 1.82) is 0 Å². The van der Waals surface area contributed by atoms with E-state index >= 15 is 0 Å². The molecule has 24 heavy (non-hydrogen) atoms. The van der Waals surface area contributed by atoms with Crippen LogP contribution in [0.1, 0.15) is 5.82 Å². The Balaban J connectivity index is 2.00. The summed E-state index contributed by atoms with van der Waals surface area (Å²) in [6, 6.07) is 9.29. The molecule has 118 valence electrons. The van der Waals surface area contributed by atoms with Crippen LogP contribution in [0.3, 0.4) is 0 Å². The number of aryl methyl sites for hydroxylation is 1. The molecule has 1 aromatic carbocycles. The van der Waals surface area contributed by atoms with Crippen LogP contribution in [0.15, 0.2) is 36.5 Å². The molecule has 0 atom stereocenters. The van der Waals surface area contributed by atoms with Gasteiger partial charge in [0, 0.05) is 17.4 Å². The lowest BCUT2D eigenvalue weighted by atomic mass is 10.1. The Kier molecular flexibility index (Phi) is 3.09. The fourth-order valence-corrected chi connectivity index (χ4v) is 2.67. The normalized spacial score (nSPS) is 11.0. The number of nitrogens with one attached hydrogen (secondary N) is 1. The highest BCUT2D eigenvalue weighted by Crippen LogP contribution is 2.34. The van der Waals surface area contributed by atoms with Gasteiger partial charge in [0.05, 0.1) is 10.9 Å². The second kappa shape index (κ2) is 5.27. The van der Waals surface area contributed by atoms with Gasteiger partial charge in [0.2, 0.25) is 5.95 Å². The van der Waals surface area contributed by atoms with E-state index in [9.17, 15) is 0 Å². The summed E-state index contributed by atoms with van der Waals surface area (Å²) in [6.07, 6.45) is 1.69. The maximum Gasteiger partial charge on any atom is 0.223 e. The number of nitrogens with zero attached hydrogens (tertiary/aromatic N) is 5. The number of hydrogen-bond donors (Lipinski definition) is 3. The molecule has 0 spiro atoms. The molecular weight excluding hydrogens is 304 g/mol. The summed E-state index contributed by atoms with van der Waals surface area (Å²) in [5.74, 6) is 1.16. The van der Waals surface area contributed by atoms with Crippen LogP contribution in [0, 0.1) is 6.92 Å². The fraction of sp³-hybridized carbons (Fsp3) is 0.0625. The molecule has 0 bridgehead atoms. The molecule has 5 N–H and O–H groups in total. The van der Waals surface area contributed by atoms with Crippen molar-refractivity contribution in [3.8, 4) is 22.8 Å². The molecule has 0 fully saturated rings. The molecule has 0 unspecified atom stereocenters. The van der Waals surface area contributed by atoms with Gasteiger partial charge in [-0.3, -0.25) is 10.1 Å². The first kappa shape index (κ1) is 14.1. The summed E-state index contributed by atoms with van der Waals surface area (Å²) < 4.78 is 0. The Hall–Kier alpha value is -3.55. The van der Waals surface area contributed by atoms with Crippen molar-refractivity contribution in [3.05, 3.63) is 42.4 Å². The lowest BCUT2D eigenvalue weighted by Gasteiger charge is -2.07. The third kappa shape index (κ3) is 2.21. The van der Waals surface area contributed by atoms with E-state index < -0.39 is 0 Å². The van der Waals surface area contributed by atoms with Crippen molar-refractivity contribution in [2.75, 3.05) is 11.5 Å². The Morgan fingerprint density at radius 2 is 1.83 bits per heavy atom. The van der Waals surface area contributed by atoms with Crippen LogP contribution >= 0.6 is 0 Å². The molecule has 4 aromatic rings. The van der Waals surface area contributed by atoms with Gasteiger partial charge in [0.15, 0.2) is 5.82 Å². The number of nitrogen functional groups attached to an aromatic ring is 2. The van der Waals surface area contributed by atoms with E-state index in [-0.39, 0.29) is 5.95 Å². The maximum absolute atomic E-state index is 6.13. The van der Waals surface area contributed by atoms with E-state index in [0.717, 1.165) is 10.9 Å². The molecule has 3 heterocycles. The zero-order valence-electron chi connectivity index (χ0n) is 12.9. The number of H-pyrrole nitrogens is 1. The standard InChI is InChI=1S/C16H14N8/c1-8-20-15(22-16(18)21-8)9-4-3-7-19-13(9)14-12-10(17)5-2-6-11(12)23-24-14/h2-7H,17H2,1H3,(H,23,24)(H2,18,20,21,22). The highest BCUT2D eigenvalue weighted by atomic mass is 15.1. The number of aromatic nitrogens is 6. The predicted molar refractivity (Wildman–Crippen MR) is 91.7 cm³/mol. The molecular formula is C16H14N8. The van der Waals surface area contributed by atoms with Crippen LogP contribution < -0.4 is 11.5 Å². The first-order chi connectivity index (χ1) is 11.6. The number of aromatic amines is 1. The second-order valence-electron chi connectivity index (χ2n) is 5.31. The van der Waals surface area contributed by atoms with Gasteiger partial charge in [0.1, 0.15) is 17.2 Å². The quantitative estimate of drug-likeness (QED) is 0.481. The van der Waals surface area contributed by atoms with E-state index in [1.165, 1.54) is 0 Å². The van der Waals surface area contributed by atoms with E-state index in [1.807, 2.05) is 30.3 Å². The maximum atomic E-state index is 6.13. The first-order valence-corrected chi connectivity index (χ1v) is 7.30. The molecule has 0 aliphatic heterocycles. The Morgan fingerprint density at radius 1 is 0.958 bits per heavy atom. The van der Waals surface area contributed by atoms with E-state index in [0.29, 0.717) is 34.3 Å². The summed E-state index contributed by atoms with van der Waals surface area (Å²) in [5.41, 5.74) is 15.3. The minimum absolute atomic E-state index is 0.165. The van der Waals surface area contributed by atoms with E-state index in [4.69, 9.17) is 11.5 Å². The minimum atomic E-state index is 0.165. The Morgan fingerprint density at radius 3 is 2.67 bits per heavy atom. The number of pyridine rings is 1. The number of rotatable bonds is 2. The summed E-state index contributed by atoms with van der Waals surface area (Å²) in [4.78, 5) is 17.1. The topological polar surface area (TPSA) is 132 Å². The second-order valence-corrected chi connectivity index (χ2v) is 5.31. The van der Waals surface area contributed by atoms with Gasteiger partial charge in [-0.1, -0.05) is 6.07 Å². The molecule has 0 amide bonds. The van der Waals surface area contributed by atoms with Crippen LogP contribution in [0.4, 0.5) is 11.6 Å². The van der Waals surface area contributed by atoms with Crippen LogP contribution in [-0.4, -0.2) is 30.1 Å². The zero-order valence-corrected chi connectivity index (χ0v) is 12.9. The summed E-state index contributed by atoms with van der Waals surface area (Å²) in [5, 5.41) is 8.18. The Labute approximate surface area is 137 Å². The SMILES string of the molecule is Cc1nc(N)nc(-c2cccnc2-c2n[nH]c3cccc(N)c23)n1. The molecule has 0 aliphatic carbocycles. The molecule has 0 saturated carbocycles. The van der Waals surface area contributed by atoms with Gasteiger partial charge < -0.3 is 11.5 Å².